The van der Waals surface area contributed by atoms with E-state index in [0.717, 1.165) is 22.4 Å². The van der Waals surface area contributed by atoms with Gasteiger partial charge in [-0.1, -0.05) is 12.1 Å². The summed E-state index contributed by atoms with van der Waals surface area (Å²) in [6.45, 7) is 3.99. The lowest BCUT2D eigenvalue weighted by Gasteiger charge is -2.15. The number of hydrogen-bond acceptors (Lipinski definition) is 2. The molecule has 0 saturated heterocycles. The monoisotopic (exact) mass is 245 g/mol. The van der Waals surface area contributed by atoms with Gasteiger partial charge in [0.15, 0.2) is 0 Å². The Kier molecular flexibility index (Phi) is 3.24. The molecule has 2 aromatic rings. The second-order valence-corrected chi connectivity index (χ2v) is 4.32. The minimum Gasteiger partial charge on any atom is -0.496 e. The molecule has 0 aliphatic carbocycles. The van der Waals surface area contributed by atoms with E-state index in [-0.39, 0.29) is 5.82 Å². The second kappa shape index (κ2) is 4.69. The van der Waals surface area contributed by atoms with Gasteiger partial charge in [-0.15, -0.1) is 0 Å². The number of aryl methyl sites for hydroxylation is 1. The van der Waals surface area contributed by atoms with E-state index in [1.807, 2.05) is 26.0 Å². The third kappa shape index (κ3) is 2.04. The van der Waals surface area contributed by atoms with E-state index in [0.29, 0.717) is 11.3 Å². The first-order valence-corrected chi connectivity index (χ1v) is 5.74. The maximum absolute atomic E-state index is 13.4. The zero-order valence-corrected chi connectivity index (χ0v) is 10.8. The normalized spacial score (nSPS) is 10.4. The van der Waals surface area contributed by atoms with Crippen molar-refractivity contribution < 1.29 is 9.13 Å². The largest absolute Gasteiger partial charge is 0.496 e. The predicted octanol–water partition coefficient (Wildman–Crippen LogP) is 3.70. The Morgan fingerprint density at radius 1 is 1.06 bits per heavy atom. The summed E-state index contributed by atoms with van der Waals surface area (Å²) in [5.41, 5.74) is 10.1. The molecular weight excluding hydrogens is 229 g/mol. The summed E-state index contributed by atoms with van der Waals surface area (Å²) >= 11 is 0. The van der Waals surface area contributed by atoms with E-state index in [9.17, 15) is 4.39 Å². The molecule has 94 valence electrons. The van der Waals surface area contributed by atoms with E-state index in [4.69, 9.17) is 10.5 Å². The molecule has 0 amide bonds. The quantitative estimate of drug-likeness (QED) is 0.819. The Balaban J connectivity index is 2.71. The van der Waals surface area contributed by atoms with E-state index in [1.54, 1.807) is 13.2 Å². The Morgan fingerprint density at radius 2 is 1.78 bits per heavy atom. The van der Waals surface area contributed by atoms with Crippen LogP contribution < -0.4 is 10.5 Å². The Morgan fingerprint density at radius 3 is 2.44 bits per heavy atom. The van der Waals surface area contributed by atoms with Gasteiger partial charge in [-0.05, 0) is 43.2 Å². The summed E-state index contributed by atoms with van der Waals surface area (Å²) in [6, 6.07) is 8.25. The summed E-state index contributed by atoms with van der Waals surface area (Å²) in [7, 11) is 1.61. The highest BCUT2D eigenvalue weighted by molar-refractivity contribution is 5.81. The third-order valence-electron chi connectivity index (χ3n) is 3.19. The van der Waals surface area contributed by atoms with Crippen molar-refractivity contribution in [3.05, 3.63) is 47.3 Å². The molecule has 2 N–H and O–H groups in total. The molecule has 2 rings (SSSR count). The zero-order chi connectivity index (χ0) is 13.3. The van der Waals surface area contributed by atoms with Crippen molar-refractivity contribution in [3.63, 3.8) is 0 Å². The van der Waals surface area contributed by atoms with Crippen LogP contribution in [0.3, 0.4) is 0 Å². The first-order chi connectivity index (χ1) is 8.54. The Labute approximate surface area is 106 Å². The molecule has 0 unspecified atom stereocenters. The van der Waals surface area contributed by atoms with Gasteiger partial charge in [0, 0.05) is 16.8 Å². The van der Waals surface area contributed by atoms with Gasteiger partial charge in [0.1, 0.15) is 11.6 Å². The van der Waals surface area contributed by atoms with Gasteiger partial charge in [-0.3, -0.25) is 0 Å². The lowest BCUT2D eigenvalue weighted by atomic mass is 9.97. The maximum atomic E-state index is 13.4. The zero-order valence-electron chi connectivity index (χ0n) is 10.8. The van der Waals surface area contributed by atoms with E-state index < -0.39 is 0 Å². The van der Waals surface area contributed by atoms with Gasteiger partial charge < -0.3 is 10.5 Å². The smallest absolute Gasteiger partial charge is 0.129 e. The molecule has 0 radical (unpaired) electrons. The molecule has 0 aliphatic heterocycles. The van der Waals surface area contributed by atoms with Crippen LogP contribution in [0.25, 0.3) is 11.1 Å². The average molecular weight is 245 g/mol. The molecule has 0 aromatic heterocycles. The van der Waals surface area contributed by atoms with Gasteiger partial charge in [-0.2, -0.15) is 0 Å². The van der Waals surface area contributed by atoms with Crippen LogP contribution in [0.15, 0.2) is 30.3 Å². The molecule has 0 saturated carbocycles. The van der Waals surface area contributed by atoms with Crippen molar-refractivity contribution >= 4 is 5.69 Å². The lowest BCUT2D eigenvalue weighted by Crippen LogP contribution is -1.97. The van der Waals surface area contributed by atoms with Crippen LogP contribution in [-0.4, -0.2) is 7.11 Å². The van der Waals surface area contributed by atoms with Crippen LogP contribution in [-0.2, 0) is 0 Å². The maximum Gasteiger partial charge on any atom is 0.129 e. The number of methoxy groups -OCH3 is 1. The van der Waals surface area contributed by atoms with Gasteiger partial charge in [0.25, 0.3) is 0 Å². The summed E-state index contributed by atoms with van der Waals surface area (Å²) in [6.07, 6.45) is 0. The molecule has 0 bridgehead atoms. The molecule has 0 heterocycles. The van der Waals surface area contributed by atoms with Crippen molar-refractivity contribution in [2.45, 2.75) is 13.8 Å². The molecule has 2 nitrogen and oxygen atoms in total. The standard InChI is InChI=1S/C15H16FNO/c1-9-4-6-12(15(18-3)10(9)2)13-8-11(16)5-7-14(13)17/h4-8H,17H2,1-3H3. The highest BCUT2D eigenvalue weighted by Crippen LogP contribution is 2.37. The summed E-state index contributed by atoms with van der Waals surface area (Å²) in [4.78, 5) is 0. The van der Waals surface area contributed by atoms with Crippen LogP contribution in [0, 0.1) is 19.7 Å². The molecule has 0 spiro atoms. The minimum atomic E-state index is -0.306. The van der Waals surface area contributed by atoms with E-state index in [2.05, 4.69) is 0 Å². The summed E-state index contributed by atoms with van der Waals surface area (Å²) < 4.78 is 18.8. The van der Waals surface area contributed by atoms with Crippen molar-refractivity contribution in [1.82, 2.24) is 0 Å². The fourth-order valence-corrected chi connectivity index (χ4v) is 2.03. The predicted molar refractivity (Wildman–Crippen MR) is 72.3 cm³/mol. The van der Waals surface area contributed by atoms with Crippen LogP contribution in [0.4, 0.5) is 10.1 Å². The summed E-state index contributed by atoms with van der Waals surface area (Å²) in [5.74, 6) is 0.437. The molecule has 2 aromatic carbocycles. The van der Waals surface area contributed by atoms with Crippen molar-refractivity contribution in [2.75, 3.05) is 12.8 Å². The Bertz CT molecular complexity index is 593. The van der Waals surface area contributed by atoms with E-state index in [1.165, 1.54) is 12.1 Å². The van der Waals surface area contributed by atoms with Crippen LogP contribution >= 0.6 is 0 Å². The molecule has 0 aliphatic rings. The number of nitrogens with two attached hydrogens (primary N) is 1. The number of benzene rings is 2. The topological polar surface area (TPSA) is 35.2 Å². The number of anilines is 1. The highest BCUT2D eigenvalue weighted by Gasteiger charge is 2.13. The number of hydrogen-bond donors (Lipinski definition) is 1. The first kappa shape index (κ1) is 12.4. The van der Waals surface area contributed by atoms with Crippen molar-refractivity contribution in [3.8, 4) is 16.9 Å². The minimum absolute atomic E-state index is 0.306. The number of nitrogen functional groups attached to an aromatic ring is 1. The molecule has 3 heteroatoms. The van der Waals surface area contributed by atoms with Gasteiger partial charge in [0.05, 0.1) is 7.11 Å². The Hall–Kier alpha value is -2.03. The molecule has 18 heavy (non-hydrogen) atoms. The average Bonchev–Trinajstić information content (AvgIpc) is 2.35. The number of halogens is 1. The number of rotatable bonds is 2. The first-order valence-electron chi connectivity index (χ1n) is 5.74. The van der Waals surface area contributed by atoms with Gasteiger partial charge in [-0.25, -0.2) is 4.39 Å². The van der Waals surface area contributed by atoms with Crippen LogP contribution in [0.1, 0.15) is 11.1 Å². The number of ether oxygens (including phenoxy) is 1. The molecule has 0 atom stereocenters. The van der Waals surface area contributed by atoms with Crippen LogP contribution in [0.5, 0.6) is 5.75 Å². The summed E-state index contributed by atoms with van der Waals surface area (Å²) in [5, 5.41) is 0. The fraction of sp³-hybridized carbons (Fsp3) is 0.200. The highest BCUT2D eigenvalue weighted by atomic mass is 19.1. The van der Waals surface area contributed by atoms with Gasteiger partial charge >= 0.3 is 0 Å². The fourth-order valence-electron chi connectivity index (χ4n) is 2.03. The second-order valence-electron chi connectivity index (χ2n) is 4.32. The lowest BCUT2D eigenvalue weighted by molar-refractivity contribution is 0.413. The SMILES string of the molecule is COc1c(-c2cc(F)ccc2N)ccc(C)c1C. The molecular formula is C15H16FNO. The van der Waals surface area contributed by atoms with Crippen LogP contribution in [0.2, 0.25) is 0 Å². The van der Waals surface area contributed by atoms with E-state index >= 15 is 0 Å². The van der Waals surface area contributed by atoms with Crippen molar-refractivity contribution in [1.29, 1.82) is 0 Å². The van der Waals surface area contributed by atoms with Gasteiger partial charge in [0.2, 0.25) is 0 Å². The third-order valence-corrected chi connectivity index (χ3v) is 3.19. The van der Waals surface area contributed by atoms with Crippen molar-refractivity contribution in [2.24, 2.45) is 0 Å². The molecule has 0 fully saturated rings.